The highest BCUT2D eigenvalue weighted by Crippen LogP contribution is 2.06. The Hall–Kier alpha value is -0.300. The summed E-state index contributed by atoms with van der Waals surface area (Å²) in [6, 6.07) is 0. The topological polar surface area (TPSA) is 54.4 Å². The highest BCUT2D eigenvalue weighted by Gasteiger charge is 2.25. The van der Waals surface area contributed by atoms with Gasteiger partial charge in [-0.15, -0.1) is 0 Å². The van der Waals surface area contributed by atoms with Crippen molar-refractivity contribution < 1.29 is 26.1 Å². The Bertz CT molecular complexity index is 203. The van der Waals surface area contributed by atoms with E-state index < -0.39 is 34.9 Å². The van der Waals surface area contributed by atoms with Crippen LogP contribution in [0.3, 0.4) is 0 Å². The highest BCUT2D eigenvalue weighted by atomic mass is 32.2. The van der Waals surface area contributed by atoms with Crippen molar-refractivity contribution in [2.24, 2.45) is 0 Å². The maximum atomic E-state index is 12.1. The summed E-state index contributed by atoms with van der Waals surface area (Å²) in [6.45, 7) is -1.60. The standard InChI is InChI=1S/C4H7F3O3S/c5-1-3(6)4(7)2-11(8,9)10/h3-4H,1-2H2,(H,8,9,10). The molecule has 0 aromatic carbocycles. The Morgan fingerprint density at radius 2 is 1.73 bits per heavy atom. The lowest BCUT2D eigenvalue weighted by atomic mass is 10.3. The first-order chi connectivity index (χ1) is 4.87. The summed E-state index contributed by atoms with van der Waals surface area (Å²) >= 11 is 0. The largest absolute Gasteiger partial charge is 0.285 e. The van der Waals surface area contributed by atoms with Crippen molar-refractivity contribution in [1.82, 2.24) is 0 Å². The molecule has 0 radical (unpaired) electrons. The smallest absolute Gasteiger partial charge is 0.267 e. The van der Waals surface area contributed by atoms with Crippen LogP contribution in [0.5, 0.6) is 0 Å². The molecule has 0 saturated heterocycles. The van der Waals surface area contributed by atoms with Crippen molar-refractivity contribution in [2.45, 2.75) is 12.3 Å². The molecule has 0 bridgehead atoms. The third kappa shape index (κ3) is 5.02. The fraction of sp³-hybridized carbons (Fsp3) is 1.00. The Labute approximate surface area is 62.0 Å². The van der Waals surface area contributed by atoms with Crippen LogP contribution in [0.2, 0.25) is 0 Å². The van der Waals surface area contributed by atoms with Crippen molar-refractivity contribution in [3.8, 4) is 0 Å². The molecule has 0 spiro atoms. The molecular weight excluding hydrogens is 185 g/mol. The van der Waals surface area contributed by atoms with Gasteiger partial charge in [-0.3, -0.25) is 4.55 Å². The van der Waals surface area contributed by atoms with E-state index >= 15 is 0 Å². The van der Waals surface area contributed by atoms with Crippen molar-refractivity contribution >= 4 is 10.1 Å². The van der Waals surface area contributed by atoms with Crippen LogP contribution in [-0.2, 0) is 10.1 Å². The summed E-state index contributed by atoms with van der Waals surface area (Å²) in [7, 11) is -4.56. The van der Waals surface area contributed by atoms with Crippen LogP contribution in [0.15, 0.2) is 0 Å². The van der Waals surface area contributed by atoms with Crippen LogP contribution in [0.25, 0.3) is 0 Å². The molecule has 2 unspecified atom stereocenters. The second-order valence-corrected chi connectivity index (χ2v) is 3.43. The maximum absolute atomic E-state index is 12.1. The molecule has 2 atom stereocenters. The third-order valence-corrected chi connectivity index (χ3v) is 1.65. The molecule has 0 heterocycles. The van der Waals surface area contributed by atoms with Crippen molar-refractivity contribution in [2.75, 3.05) is 12.4 Å². The highest BCUT2D eigenvalue weighted by molar-refractivity contribution is 7.85. The molecule has 0 saturated carbocycles. The van der Waals surface area contributed by atoms with E-state index in [2.05, 4.69) is 0 Å². The van der Waals surface area contributed by atoms with E-state index in [9.17, 15) is 21.6 Å². The zero-order chi connectivity index (χ0) is 9.07. The first kappa shape index (κ1) is 10.7. The van der Waals surface area contributed by atoms with Crippen molar-refractivity contribution in [1.29, 1.82) is 0 Å². The molecular formula is C4H7F3O3S. The molecule has 7 heteroatoms. The molecule has 0 aromatic rings. The molecule has 68 valence electrons. The predicted molar refractivity (Wildman–Crippen MR) is 32.2 cm³/mol. The van der Waals surface area contributed by atoms with Crippen molar-refractivity contribution in [3.05, 3.63) is 0 Å². The lowest BCUT2D eigenvalue weighted by Crippen LogP contribution is -2.27. The minimum Gasteiger partial charge on any atom is -0.285 e. The van der Waals surface area contributed by atoms with E-state index in [0.717, 1.165) is 0 Å². The minimum atomic E-state index is -4.56. The van der Waals surface area contributed by atoms with Crippen LogP contribution in [0.4, 0.5) is 13.2 Å². The normalized spacial score (nSPS) is 17.8. The molecule has 0 aromatic heterocycles. The quantitative estimate of drug-likeness (QED) is 0.660. The van der Waals surface area contributed by atoms with Gasteiger partial charge in [0.15, 0.2) is 6.17 Å². The fourth-order valence-corrected chi connectivity index (χ4v) is 1.01. The van der Waals surface area contributed by atoms with Crippen LogP contribution in [-0.4, -0.2) is 37.7 Å². The van der Waals surface area contributed by atoms with Crippen LogP contribution < -0.4 is 0 Å². The minimum absolute atomic E-state index is 1.40. The van der Waals surface area contributed by atoms with Gasteiger partial charge in [-0.25, -0.2) is 13.2 Å². The molecule has 3 nitrogen and oxygen atoms in total. The first-order valence-corrected chi connectivity index (χ1v) is 4.27. The SMILES string of the molecule is O=S(=O)(O)CC(F)C(F)CF. The number of halogens is 3. The average Bonchev–Trinajstić information content (AvgIpc) is 1.82. The second kappa shape index (κ2) is 3.91. The van der Waals surface area contributed by atoms with Gasteiger partial charge in [0.25, 0.3) is 10.1 Å². The molecule has 0 aliphatic rings. The Morgan fingerprint density at radius 1 is 1.27 bits per heavy atom. The van der Waals surface area contributed by atoms with Crippen LogP contribution in [0, 0.1) is 0 Å². The van der Waals surface area contributed by atoms with E-state index in [4.69, 9.17) is 4.55 Å². The average molecular weight is 192 g/mol. The molecule has 0 fully saturated rings. The summed E-state index contributed by atoms with van der Waals surface area (Å²) in [4.78, 5) is 0. The Balaban J connectivity index is 3.98. The Morgan fingerprint density at radius 3 is 2.00 bits per heavy atom. The molecule has 0 rings (SSSR count). The van der Waals surface area contributed by atoms with Crippen molar-refractivity contribution in [3.63, 3.8) is 0 Å². The monoisotopic (exact) mass is 192 g/mol. The second-order valence-electron chi connectivity index (χ2n) is 1.93. The van der Waals surface area contributed by atoms with Gasteiger partial charge in [0.05, 0.1) is 0 Å². The van der Waals surface area contributed by atoms with E-state index in [0.29, 0.717) is 0 Å². The van der Waals surface area contributed by atoms with E-state index in [1.54, 1.807) is 0 Å². The maximum Gasteiger partial charge on any atom is 0.267 e. The van der Waals surface area contributed by atoms with Gasteiger partial charge in [0.2, 0.25) is 0 Å². The molecule has 1 N–H and O–H groups in total. The summed E-state index contributed by atoms with van der Waals surface area (Å²) in [6.07, 6.45) is -4.99. The zero-order valence-corrected chi connectivity index (χ0v) is 6.19. The summed E-state index contributed by atoms with van der Waals surface area (Å²) in [5.41, 5.74) is 0. The Kier molecular flexibility index (Phi) is 3.81. The molecule has 11 heavy (non-hydrogen) atoms. The van der Waals surface area contributed by atoms with E-state index in [1.807, 2.05) is 0 Å². The van der Waals surface area contributed by atoms with Crippen LogP contribution in [0.1, 0.15) is 0 Å². The fourth-order valence-electron chi connectivity index (χ4n) is 0.402. The van der Waals surface area contributed by atoms with Gasteiger partial charge in [-0.1, -0.05) is 0 Å². The van der Waals surface area contributed by atoms with Gasteiger partial charge < -0.3 is 0 Å². The van der Waals surface area contributed by atoms with Gasteiger partial charge in [-0.05, 0) is 0 Å². The molecule has 0 aliphatic heterocycles. The predicted octanol–water partition coefficient (Wildman–Crippen LogP) is 0.520. The van der Waals surface area contributed by atoms with Gasteiger partial charge >= 0.3 is 0 Å². The summed E-state index contributed by atoms with van der Waals surface area (Å²) in [5.74, 6) is -1.40. The number of hydrogen-bond acceptors (Lipinski definition) is 2. The summed E-state index contributed by atoms with van der Waals surface area (Å²) in [5, 5.41) is 0. The lowest BCUT2D eigenvalue weighted by Gasteiger charge is -2.06. The number of alkyl halides is 3. The van der Waals surface area contributed by atoms with Gasteiger partial charge in [0.1, 0.15) is 18.6 Å². The third-order valence-electron chi connectivity index (χ3n) is 0.910. The van der Waals surface area contributed by atoms with Gasteiger partial charge in [-0.2, -0.15) is 8.42 Å². The zero-order valence-electron chi connectivity index (χ0n) is 5.37. The van der Waals surface area contributed by atoms with Crippen LogP contribution >= 0.6 is 0 Å². The molecule has 0 aliphatic carbocycles. The van der Waals surface area contributed by atoms with E-state index in [1.165, 1.54) is 0 Å². The molecule has 0 amide bonds. The van der Waals surface area contributed by atoms with Gasteiger partial charge in [0, 0.05) is 0 Å². The lowest BCUT2D eigenvalue weighted by molar-refractivity contribution is 0.150. The summed E-state index contributed by atoms with van der Waals surface area (Å²) < 4.78 is 63.1. The number of hydrogen-bond donors (Lipinski definition) is 1. The first-order valence-electron chi connectivity index (χ1n) is 2.66. The van der Waals surface area contributed by atoms with E-state index in [-0.39, 0.29) is 0 Å². The number of rotatable bonds is 4.